The molecule has 0 spiro atoms. The average Bonchev–Trinajstić information content (AvgIpc) is 3.07. The van der Waals surface area contributed by atoms with Crippen molar-refractivity contribution in [3.63, 3.8) is 0 Å². The Morgan fingerprint density at radius 2 is 1.86 bits per heavy atom. The number of hydrogen-bond donors (Lipinski definition) is 1. The van der Waals surface area contributed by atoms with Crippen LogP contribution in [0, 0.1) is 5.92 Å². The van der Waals surface area contributed by atoms with Crippen LogP contribution in [0.1, 0.15) is 30.6 Å². The number of benzene rings is 1. The quantitative estimate of drug-likeness (QED) is 0.543. The second-order valence-corrected chi connectivity index (χ2v) is 9.35. The molecule has 7 nitrogen and oxygen atoms in total. The number of ether oxygens (including phenoxy) is 1. The van der Waals surface area contributed by atoms with E-state index in [1.54, 1.807) is 12.1 Å². The SMILES string of the molecule is CC(CCc1ncc(OC(F)F)cn1)CCc1nc2ccc(S(N)(=O)=O)cc2s1. The number of sulfonamides is 1. The van der Waals surface area contributed by atoms with E-state index in [4.69, 9.17) is 5.14 Å². The van der Waals surface area contributed by atoms with Gasteiger partial charge in [0.05, 0.1) is 32.5 Å². The molecule has 3 rings (SSSR count). The van der Waals surface area contributed by atoms with Crippen LogP contribution < -0.4 is 9.88 Å². The lowest BCUT2D eigenvalue weighted by Crippen LogP contribution is -2.11. The highest BCUT2D eigenvalue weighted by Crippen LogP contribution is 2.26. The molecule has 0 aliphatic rings. The summed E-state index contributed by atoms with van der Waals surface area (Å²) in [5.41, 5.74) is 0.754. The third kappa shape index (κ3) is 6.12. The highest BCUT2D eigenvalue weighted by atomic mass is 32.2. The number of primary sulfonamides is 1. The summed E-state index contributed by atoms with van der Waals surface area (Å²) in [5, 5.41) is 6.10. The van der Waals surface area contributed by atoms with Crippen LogP contribution in [-0.2, 0) is 22.9 Å². The van der Waals surface area contributed by atoms with Crippen LogP contribution in [0.2, 0.25) is 0 Å². The molecule has 2 aromatic heterocycles. The smallest absolute Gasteiger partial charge is 0.387 e. The van der Waals surface area contributed by atoms with Crippen molar-refractivity contribution >= 4 is 31.6 Å². The largest absolute Gasteiger partial charge is 0.432 e. The summed E-state index contributed by atoms with van der Waals surface area (Å²) >= 11 is 1.46. The molecule has 2 heterocycles. The van der Waals surface area contributed by atoms with E-state index in [1.165, 1.54) is 29.8 Å². The minimum absolute atomic E-state index is 0.0572. The first-order valence-corrected chi connectivity index (χ1v) is 11.2. The molecule has 11 heteroatoms. The van der Waals surface area contributed by atoms with Gasteiger partial charge in [-0.15, -0.1) is 11.3 Å². The van der Waals surface area contributed by atoms with E-state index in [0.29, 0.717) is 18.2 Å². The second-order valence-electron chi connectivity index (χ2n) is 6.68. The molecule has 0 amide bonds. The van der Waals surface area contributed by atoms with Crippen molar-refractivity contribution in [2.45, 2.75) is 44.1 Å². The minimum Gasteiger partial charge on any atom is -0.432 e. The maximum atomic E-state index is 12.1. The van der Waals surface area contributed by atoms with E-state index in [9.17, 15) is 17.2 Å². The zero-order valence-electron chi connectivity index (χ0n) is 15.6. The summed E-state index contributed by atoms with van der Waals surface area (Å²) in [6.07, 6.45) is 5.64. The molecule has 1 atom stereocenters. The van der Waals surface area contributed by atoms with Gasteiger partial charge in [0.1, 0.15) is 5.82 Å². The maximum absolute atomic E-state index is 12.1. The lowest BCUT2D eigenvalue weighted by molar-refractivity contribution is -0.0503. The third-order valence-electron chi connectivity index (χ3n) is 4.35. The Bertz CT molecular complexity index is 1070. The summed E-state index contributed by atoms with van der Waals surface area (Å²) in [6, 6.07) is 4.67. The molecule has 0 radical (unpaired) electrons. The van der Waals surface area contributed by atoms with E-state index >= 15 is 0 Å². The van der Waals surface area contributed by atoms with Crippen molar-refractivity contribution in [3.8, 4) is 5.75 Å². The van der Waals surface area contributed by atoms with Crippen molar-refractivity contribution < 1.29 is 21.9 Å². The van der Waals surface area contributed by atoms with Crippen LogP contribution in [0.4, 0.5) is 8.78 Å². The van der Waals surface area contributed by atoms with Gasteiger partial charge in [-0.1, -0.05) is 6.92 Å². The Labute approximate surface area is 171 Å². The van der Waals surface area contributed by atoms with Gasteiger partial charge in [0, 0.05) is 6.42 Å². The predicted molar refractivity (Wildman–Crippen MR) is 105 cm³/mol. The fraction of sp³-hybridized carbons (Fsp3) is 0.389. The number of aryl methyl sites for hydroxylation is 2. The summed E-state index contributed by atoms with van der Waals surface area (Å²) < 4.78 is 52.2. The monoisotopic (exact) mass is 442 g/mol. The van der Waals surface area contributed by atoms with Gasteiger partial charge in [-0.2, -0.15) is 8.78 Å². The minimum atomic E-state index is -3.73. The van der Waals surface area contributed by atoms with Crippen molar-refractivity contribution in [2.24, 2.45) is 11.1 Å². The number of nitrogens with zero attached hydrogens (tertiary/aromatic N) is 3. The average molecular weight is 443 g/mol. The summed E-state index contributed by atoms with van der Waals surface area (Å²) in [4.78, 5) is 12.7. The standard InChI is InChI=1S/C18H20F2N4O3S2/c1-11(2-6-16-22-9-12(10-23-16)27-18(19)20)3-7-17-24-14-5-4-13(29(21,25)26)8-15(14)28-17/h4-5,8-11,18H,2-3,6-7H2,1H3,(H2,21,25,26). The maximum Gasteiger partial charge on any atom is 0.387 e. The van der Waals surface area contributed by atoms with Gasteiger partial charge in [0.25, 0.3) is 0 Å². The normalized spacial score (nSPS) is 13.1. The molecule has 0 saturated carbocycles. The first kappa shape index (κ1) is 21.5. The number of rotatable bonds is 9. The van der Waals surface area contributed by atoms with Crippen LogP contribution in [0.5, 0.6) is 5.75 Å². The van der Waals surface area contributed by atoms with Crippen LogP contribution in [0.25, 0.3) is 10.2 Å². The molecule has 3 aromatic rings. The molecule has 0 aliphatic heterocycles. The van der Waals surface area contributed by atoms with E-state index < -0.39 is 16.6 Å². The van der Waals surface area contributed by atoms with Gasteiger partial charge in [0.2, 0.25) is 10.0 Å². The second kappa shape index (κ2) is 9.06. The van der Waals surface area contributed by atoms with Crippen LogP contribution >= 0.6 is 11.3 Å². The molecular formula is C18H20F2N4O3S2. The Balaban J connectivity index is 1.52. The van der Waals surface area contributed by atoms with E-state index in [0.717, 1.165) is 34.5 Å². The predicted octanol–water partition coefficient (Wildman–Crippen LogP) is 3.54. The summed E-state index contributed by atoms with van der Waals surface area (Å²) in [5.74, 6) is 0.898. The highest BCUT2D eigenvalue weighted by Gasteiger charge is 2.12. The molecule has 2 N–H and O–H groups in total. The topological polar surface area (TPSA) is 108 Å². The third-order valence-corrected chi connectivity index (χ3v) is 6.34. The van der Waals surface area contributed by atoms with E-state index in [2.05, 4.69) is 26.6 Å². The van der Waals surface area contributed by atoms with Crippen LogP contribution in [0.3, 0.4) is 0 Å². The fourth-order valence-electron chi connectivity index (χ4n) is 2.76. The molecule has 0 saturated heterocycles. The molecule has 1 unspecified atom stereocenters. The van der Waals surface area contributed by atoms with Gasteiger partial charge < -0.3 is 4.74 Å². The van der Waals surface area contributed by atoms with Crippen LogP contribution in [0.15, 0.2) is 35.5 Å². The molecule has 0 aliphatic carbocycles. The van der Waals surface area contributed by atoms with Crippen molar-refractivity contribution in [1.82, 2.24) is 15.0 Å². The lowest BCUT2D eigenvalue weighted by Gasteiger charge is -2.09. The number of fused-ring (bicyclic) bond motifs is 1. The first-order valence-electron chi connectivity index (χ1n) is 8.88. The zero-order chi connectivity index (χ0) is 21.0. The molecule has 1 aromatic carbocycles. The summed E-state index contributed by atoms with van der Waals surface area (Å²) in [7, 11) is -3.73. The van der Waals surface area contributed by atoms with Crippen molar-refractivity contribution in [1.29, 1.82) is 0 Å². The van der Waals surface area contributed by atoms with Gasteiger partial charge in [-0.3, -0.25) is 0 Å². The molecule has 29 heavy (non-hydrogen) atoms. The van der Waals surface area contributed by atoms with E-state index in [-0.39, 0.29) is 10.6 Å². The Hall–Kier alpha value is -2.24. The van der Waals surface area contributed by atoms with Crippen molar-refractivity contribution in [2.75, 3.05) is 0 Å². The first-order chi connectivity index (χ1) is 13.7. The van der Waals surface area contributed by atoms with Gasteiger partial charge in [0.15, 0.2) is 5.75 Å². The lowest BCUT2D eigenvalue weighted by atomic mass is 10.00. The molecular weight excluding hydrogens is 422 g/mol. The molecule has 0 bridgehead atoms. The molecule has 156 valence electrons. The van der Waals surface area contributed by atoms with Gasteiger partial charge >= 0.3 is 6.61 Å². The fourth-order valence-corrected chi connectivity index (χ4v) is 4.40. The summed E-state index contributed by atoms with van der Waals surface area (Å²) in [6.45, 7) is -0.779. The van der Waals surface area contributed by atoms with Gasteiger partial charge in [-0.05, 0) is 43.4 Å². The zero-order valence-corrected chi connectivity index (χ0v) is 17.2. The Kier molecular flexibility index (Phi) is 6.70. The van der Waals surface area contributed by atoms with Crippen molar-refractivity contribution in [3.05, 3.63) is 41.4 Å². The van der Waals surface area contributed by atoms with Gasteiger partial charge in [-0.25, -0.2) is 28.5 Å². The van der Waals surface area contributed by atoms with Crippen LogP contribution in [-0.4, -0.2) is 30.0 Å². The Morgan fingerprint density at radius 3 is 2.52 bits per heavy atom. The highest BCUT2D eigenvalue weighted by molar-refractivity contribution is 7.89. The number of nitrogens with two attached hydrogens (primary N) is 1. The Morgan fingerprint density at radius 1 is 1.17 bits per heavy atom. The number of thiazole rings is 1. The number of alkyl halides is 2. The van der Waals surface area contributed by atoms with E-state index in [1.807, 2.05) is 0 Å². The number of halogens is 2. The molecule has 0 fully saturated rings. The number of aromatic nitrogens is 3. The number of hydrogen-bond acceptors (Lipinski definition) is 7.